The highest BCUT2D eigenvalue weighted by Gasteiger charge is 2.45. The van der Waals surface area contributed by atoms with E-state index in [0.29, 0.717) is 17.5 Å². The largest absolute Gasteiger partial charge is 0.133 e. The molecule has 0 nitrogen and oxygen atoms in total. The van der Waals surface area contributed by atoms with Crippen LogP contribution in [0.4, 0.5) is 0 Å². The van der Waals surface area contributed by atoms with Crippen LogP contribution < -0.4 is 0 Å². The molecule has 0 bridgehead atoms. The van der Waals surface area contributed by atoms with Gasteiger partial charge in [-0.2, -0.15) is 0 Å². The Morgan fingerprint density at radius 2 is 1.22 bits per heavy atom. The van der Waals surface area contributed by atoms with Crippen LogP contribution in [0.15, 0.2) is 48.6 Å². The molecule has 5 unspecified atom stereocenters. The molecule has 2 rings (SSSR count). The highest BCUT2D eigenvalue weighted by atomic mass is 31.0. The number of hydrogen-bond acceptors (Lipinski definition) is 0. The lowest BCUT2D eigenvalue weighted by Gasteiger charge is -2.49. The van der Waals surface area contributed by atoms with Gasteiger partial charge in [-0.15, -0.1) is 9.24 Å². The van der Waals surface area contributed by atoms with Gasteiger partial charge in [0.15, 0.2) is 0 Å². The molecule has 0 amide bonds. The molecule has 0 spiro atoms. The summed E-state index contributed by atoms with van der Waals surface area (Å²) in [4.78, 5) is 0. The first-order valence-corrected chi connectivity index (χ1v) is 7.55. The van der Waals surface area contributed by atoms with Crippen LogP contribution in [0.3, 0.4) is 0 Å². The zero-order valence-electron chi connectivity index (χ0n) is 11.9. The molecule has 0 aromatic carbocycles. The van der Waals surface area contributed by atoms with E-state index in [9.17, 15) is 0 Å². The first-order valence-electron chi connectivity index (χ1n) is 6.89. The average Bonchev–Trinajstić information content (AvgIpc) is 2.36. The molecular formula is C17H25P. The van der Waals surface area contributed by atoms with Crippen molar-refractivity contribution in [2.45, 2.75) is 33.4 Å². The van der Waals surface area contributed by atoms with E-state index < -0.39 is 0 Å². The second-order valence-electron chi connectivity index (χ2n) is 6.28. The molecule has 0 aliphatic heterocycles. The lowest BCUT2D eigenvalue weighted by Crippen LogP contribution is -2.45. The molecule has 18 heavy (non-hydrogen) atoms. The van der Waals surface area contributed by atoms with Crippen molar-refractivity contribution in [3.8, 4) is 0 Å². The Morgan fingerprint density at radius 1 is 0.833 bits per heavy atom. The molecule has 0 saturated carbocycles. The minimum absolute atomic E-state index is 0.206. The van der Waals surface area contributed by atoms with Crippen molar-refractivity contribution < 1.29 is 0 Å². The van der Waals surface area contributed by atoms with Gasteiger partial charge in [0, 0.05) is 0 Å². The Hall–Kier alpha value is -0.610. The number of allylic oxidation sites excluding steroid dienone is 8. The average molecular weight is 260 g/mol. The SMILES string of the molecule is CC1C=CC=CC1(C)C(P)C1(C)C=CC=CC1C. The first-order chi connectivity index (χ1) is 8.41. The van der Waals surface area contributed by atoms with Gasteiger partial charge in [0.1, 0.15) is 0 Å². The van der Waals surface area contributed by atoms with Crippen LogP contribution in [-0.2, 0) is 0 Å². The van der Waals surface area contributed by atoms with Gasteiger partial charge in [0.2, 0.25) is 0 Å². The topological polar surface area (TPSA) is 0 Å². The van der Waals surface area contributed by atoms with Crippen molar-refractivity contribution in [1.29, 1.82) is 0 Å². The van der Waals surface area contributed by atoms with Gasteiger partial charge in [0.05, 0.1) is 0 Å². The summed E-state index contributed by atoms with van der Waals surface area (Å²) in [6, 6.07) is 0. The zero-order chi connectivity index (χ0) is 13.4. The van der Waals surface area contributed by atoms with E-state index in [1.807, 2.05) is 0 Å². The monoisotopic (exact) mass is 260 g/mol. The van der Waals surface area contributed by atoms with E-state index in [2.05, 4.69) is 85.5 Å². The minimum Gasteiger partial charge on any atom is -0.133 e. The molecule has 0 N–H and O–H groups in total. The summed E-state index contributed by atoms with van der Waals surface area (Å²) in [7, 11) is 3.13. The fraction of sp³-hybridized carbons (Fsp3) is 0.529. The van der Waals surface area contributed by atoms with Crippen molar-refractivity contribution in [3.05, 3.63) is 48.6 Å². The van der Waals surface area contributed by atoms with Crippen molar-refractivity contribution in [2.24, 2.45) is 22.7 Å². The van der Waals surface area contributed by atoms with Gasteiger partial charge < -0.3 is 0 Å². The van der Waals surface area contributed by atoms with Crippen LogP contribution in [0.2, 0.25) is 0 Å². The lowest BCUT2D eigenvalue weighted by atomic mass is 9.60. The Balaban J connectivity index is 2.34. The molecule has 2 aliphatic rings. The van der Waals surface area contributed by atoms with Crippen LogP contribution >= 0.6 is 9.24 Å². The summed E-state index contributed by atoms with van der Waals surface area (Å²) < 4.78 is 0. The maximum atomic E-state index is 3.13. The zero-order valence-corrected chi connectivity index (χ0v) is 13.1. The molecule has 0 aromatic heterocycles. The summed E-state index contributed by atoms with van der Waals surface area (Å²) in [5.74, 6) is 1.15. The van der Waals surface area contributed by atoms with E-state index in [1.165, 1.54) is 0 Å². The van der Waals surface area contributed by atoms with Gasteiger partial charge in [-0.25, -0.2) is 0 Å². The predicted molar refractivity (Wildman–Crippen MR) is 84.6 cm³/mol. The van der Waals surface area contributed by atoms with Crippen LogP contribution in [0.25, 0.3) is 0 Å². The smallest absolute Gasteiger partial charge is 0.00121 e. The third-order valence-electron chi connectivity index (χ3n) is 5.23. The van der Waals surface area contributed by atoms with Crippen molar-refractivity contribution in [1.82, 2.24) is 0 Å². The molecule has 5 atom stereocenters. The van der Waals surface area contributed by atoms with Gasteiger partial charge in [-0.05, 0) is 28.3 Å². The number of rotatable bonds is 2. The predicted octanol–water partition coefficient (Wildman–Crippen LogP) is 4.77. The molecule has 0 saturated heterocycles. The molecular weight excluding hydrogens is 235 g/mol. The van der Waals surface area contributed by atoms with E-state index >= 15 is 0 Å². The minimum atomic E-state index is 0.206. The third kappa shape index (κ3) is 2.05. The van der Waals surface area contributed by atoms with Gasteiger partial charge in [-0.1, -0.05) is 76.3 Å². The van der Waals surface area contributed by atoms with E-state index in [0.717, 1.165) is 0 Å². The van der Waals surface area contributed by atoms with E-state index in [1.54, 1.807) is 0 Å². The van der Waals surface area contributed by atoms with Gasteiger partial charge in [0.25, 0.3) is 0 Å². The fourth-order valence-electron chi connectivity index (χ4n) is 3.15. The standard InChI is InChI=1S/C17H25P/c1-13-9-5-7-11-16(13,3)15(18)17(4)12-8-6-10-14(17)2/h5-15H,18H2,1-4H3. The fourth-order valence-corrected chi connectivity index (χ4v) is 3.98. The van der Waals surface area contributed by atoms with Gasteiger partial charge >= 0.3 is 0 Å². The molecule has 0 heterocycles. The van der Waals surface area contributed by atoms with Crippen LogP contribution in [-0.4, -0.2) is 5.66 Å². The summed E-state index contributed by atoms with van der Waals surface area (Å²) in [5, 5.41) is 0. The molecule has 98 valence electrons. The Bertz CT molecular complexity index is 389. The van der Waals surface area contributed by atoms with Crippen molar-refractivity contribution >= 4 is 9.24 Å². The molecule has 2 aliphatic carbocycles. The molecule has 0 aromatic rings. The second kappa shape index (κ2) is 4.82. The Kier molecular flexibility index (Phi) is 3.70. The van der Waals surface area contributed by atoms with Crippen molar-refractivity contribution in [3.63, 3.8) is 0 Å². The summed E-state index contributed by atoms with van der Waals surface area (Å²) in [5.41, 5.74) is 0.938. The van der Waals surface area contributed by atoms with Gasteiger partial charge in [-0.3, -0.25) is 0 Å². The maximum absolute atomic E-state index is 3.13. The van der Waals surface area contributed by atoms with Crippen LogP contribution in [0.1, 0.15) is 27.7 Å². The lowest BCUT2D eigenvalue weighted by molar-refractivity contribution is 0.183. The molecule has 0 fully saturated rings. The number of hydrogen-bond donors (Lipinski definition) is 0. The highest BCUT2D eigenvalue weighted by Crippen LogP contribution is 2.52. The van der Waals surface area contributed by atoms with E-state index in [4.69, 9.17) is 0 Å². The maximum Gasteiger partial charge on any atom is -0.00121 e. The van der Waals surface area contributed by atoms with Crippen LogP contribution in [0.5, 0.6) is 0 Å². The Labute approximate surface area is 114 Å². The normalized spacial score (nSPS) is 44.3. The van der Waals surface area contributed by atoms with Crippen molar-refractivity contribution in [2.75, 3.05) is 0 Å². The molecule has 1 heteroatoms. The summed E-state index contributed by atoms with van der Waals surface area (Å²) in [6.45, 7) is 9.43. The van der Waals surface area contributed by atoms with Crippen LogP contribution in [0, 0.1) is 22.7 Å². The van der Waals surface area contributed by atoms with E-state index in [-0.39, 0.29) is 10.8 Å². The second-order valence-corrected chi connectivity index (χ2v) is 6.94. The molecule has 0 radical (unpaired) electrons. The first kappa shape index (κ1) is 13.8. The summed E-state index contributed by atoms with van der Waals surface area (Å²) >= 11 is 0. The quantitative estimate of drug-likeness (QED) is 0.627. The Morgan fingerprint density at radius 3 is 1.56 bits per heavy atom. The summed E-state index contributed by atoms with van der Waals surface area (Å²) in [6.07, 6.45) is 18.2. The third-order valence-corrected chi connectivity index (χ3v) is 6.67. The highest BCUT2D eigenvalue weighted by molar-refractivity contribution is 7.17.